The number of para-hydroxylation sites is 2. The molecular formula is C20H29N5OS. The highest BCUT2D eigenvalue weighted by Crippen LogP contribution is 2.30. The van der Waals surface area contributed by atoms with Crippen LogP contribution >= 0.6 is 11.3 Å². The summed E-state index contributed by atoms with van der Waals surface area (Å²) >= 11 is 1.74. The van der Waals surface area contributed by atoms with Gasteiger partial charge in [-0.05, 0) is 31.9 Å². The van der Waals surface area contributed by atoms with Crippen LogP contribution < -0.4 is 20.3 Å². The van der Waals surface area contributed by atoms with Crippen molar-refractivity contribution in [2.75, 3.05) is 38.7 Å². The lowest BCUT2D eigenvalue weighted by molar-refractivity contribution is 0.415. The maximum Gasteiger partial charge on any atom is 0.191 e. The Morgan fingerprint density at radius 3 is 3.00 bits per heavy atom. The molecule has 1 aromatic heterocycles. The number of guanidine groups is 1. The molecule has 7 heteroatoms. The summed E-state index contributed by atoms with van der Waals surface area (Å²) in [6, 6.07) is 8.58. The Morgan fingerprint density at radius 2 is 2.26 bits per heavy atom. The van der Waals surface area contributed by atoms with Gasteiger partial charge in [0.15, 0.2) is 5.96 Å². The van der Waals surface area contributed by atoms with Crippen molar-refractivity contribution in [3.05, 3.63) is 40.3 Å². The van der Waals surface area contributed by atoms with E-state index in [-0.39, 0.29) is 0 Å². The Morgan fingerprint density at radius 1 is 1.41 bits per heavy atom. The maximum atomic E-state index is 5.50. The van der Waals surface area contributed by atoms with Crippen LogP contribution in [-0.2, 0) is 6.42 Å². The monoisotopic (exact) mass is 387 g/mol. The quantitative estimate of drug-likeness (QED) is 0.435. The van der Waals surface area contributed by atoms with Crippen molar-refractivity contribution in [1.82, 2.24) is 15.6 Å². The van der Waals surface area contributed by atoms with Crippen molar-refractivity contribution in [3.8, 4) is 5.75 Å². The van der Waals surface area contributed by atoms with E-state index in [4.69, 9.17) is 4.74 Å². The average Bonchev–Trinajstić information content (AvgIpc) is 3.33. The standard InChI is InChI=1S/C20H29N5OS/c1-15-14-27-19(23-15)9-6-11-22-20(21-2)24-16-10-12-25(13-16)17-7-4-5-8-18(17)26-3/h4-5,7-8,14,16H,6,9-13H2,1-3H3,(H2,21,22,24). The molecule has 1 saturated heterocycles. The van der Waals surface area contributed by atoms with Gasteiger partial charge in [0.05, 0.1) is 17.8 Å². The van der Waals surface area contributed by atoms with Crippen LogP contribution in [0.25, 0.3) is 0 Å². The molecule has 0 spiro atoms. The van der Waals surface area contributed by atoms with Gasteiger partial charge in [-0.3, -0.25) is 4.99 Å². The van der Waals surface area contributed by atoms with E-state index in [1.807, 2.05) is 26.1 Å². The van der Waals surface area contributed by atoms with Crippen LogP contribution in [0.4, 0.5) is 5.69 Å². The fraction of sp³-hybridized carbons (Fsp3) is 0.500. The normalized spacial score (nSPS) is 17.2. The molecule has 0 saturated carbocycles. The van der Waals surface area contributed by atoms with Gasteiger partial charge in [0, 0.05) is 50.2 Å². The number of nitrogens with one attached hydrogen (secondary N) is 2. The van der Waals surface area contributed by atoms with E-state index >= 15 is 0 Å². The smallest absolute Gasteiger partial charge is 0.191 e. The Labute approximate surface area is 165 Å². The highest BCUT2D eigenvalue weighted by Gasteiger charge is 2.25. The molecule has 1 aromatic carbocycles. The third kappa shape index (κ3) is 5.35. The van der Waals surface area contributed by atoms with Crippen LogP contribution in [0.3, 0.4) is 0 Å². The maximum absolute atomic E-state index is 5.50. The minimum absolute atomic E-state index is 0.378. The number of aromatic nitrogens is 1. The molecule has 1 unspecified atom stereocenters. The van der Waals surface area contributed by atoms with E-state index in [1.54, 1.807) is 18.4 Å². The Kier molecular flexibility index (Phi) is 6.92. The molecule has 1 atom stereocenters. The predicted octanol–water partition coefficient (Wildman–Crippen LogP) is 2.84. The molecule has 0 bridgehead atoms. The molecule has 0 amide bonds. The summed E-state index contributed by atoms with van der Waals surface area (Å²) in [5.41, 5.74) is 2.27. The summed E-state index contributed by atoms with van der Waals surface area (Å²) in [6.07, 6.45) is 3.14. The fourth-order valence-corrected chi connectivity index (χ4v) is 4.16. The van der Waals surface area contributed by atoms with Gasteiger partial charge < -0.3 is 20.3 Å². The number of aryl methyl sites for hydroxylation is 2. The summed E-state index contributed by atoms with van der Waals surface area (Å²) in [7, 11) is 3.55. The lowest BCUT2D eigenvalue weighted by Gasteiger charge is -2.22. The molecule has 2 N–H and O–H groups in total. The van der Waals surface area contributed by atoms with Crippen molar-refractivity contribution in [2.24, 2.45) is 4.99 Å². The number of methoxy groups -OCH3 is 1. The minimum atomic E-state index is 0.378. The second-order valence-electron chi connectivity index (χ2n) is 6.73. The highest BCUT2D eigenvalue weighted by molar-refractivity contribution is 7.09. The van der Waals surface area contributed by atoms with Crippen molar-refractivity contribution >= 4 is 23.0 Å². The van der Waals surface area contributed by atoms with E-state index < -0.39 is 0 Å². The second kappa shape index (κ2) is 9.60. The predicted molar refractivity (Wildman–Crippen MR) is 113 cm³/mol. The molecule has 0 radical (unpaired) electrons. The Balaban J connectivity index is 1.43. The van der Waals surface area contributed by atoms with Gasteiger partial charge in [0.2, 0.25) is 0 Å². The molecule has 2 aromatic rings. The zero-order valence-electron chi connectivity index (χ0n) is 16.4. The number of aliphatic imine (C=N–C) groups is 1. The average molecular weight is 388 g/mol. The molecule has 27 heavy (non-hydrogen) atoms. The third-order valence-corrected chi connectivity index (χ3v) is 5.73. The van der Waals surface area contributed by atoms with Gasteiger partial charge in [0.1, 0.15) is 5.75 Å². The highest BCUT2D eigenvalue weighted by atomic mass is 32.1. The molecule has 0 aliphatic carbocycles. The summed E-state index contributed by atoms with van der Waals surface area (Å²) in [4.78, 5) is 11.3. The molecule has 1 fully saturated rings. The van der Waals surface area contributed by atoms with E-state index in [1.165, 1.54) is 5.01 Å². The van der Waals surface area contributed by atoms with Gasteiger partial charge in [-0.2, -0.15) is 0 Å². The molecule has 1 aliphatic heterocycles. The third-order valence-electron chi connectivity index (χ3n) is 4.70. The summed E-state index contributed by atoms with van der Waals surface area (Å²) in [5.74, 6) is 1.80. The zero-order valence-corrected chi connectivity index (χ0v) is 17.2. The van der Waals surface area contributed by atoms with Gasteiger partial charge in [0.25, 0.3) is 0 Å². The number of hydrogen-bond acceptors (Lipinski definition) is 5. The summed E-state index contributed by atoms with van der Waals surface area (Å²) in [5, 5.41) is 10.3. The molecule has 1 aliphatic rings. The lowest BCUT2D eigenvalue weighted by Crippen LogP contribution is -2.44. The number of nitrogens with zero attached hydrogens (tertiary/aromatic N) is 3. The topological polar surface area (TPSA) is 61.8 Å². The Bertz CT molecular complexity index is 760. The van der Waals surface area contributed by atoms with E-state index in [9.17, 15) is 0 Å². The van der Waals surface area contributed by atoms with Gasteiger partial charge in [-0.1, -0.05) is 12.1 Å². The van der Waals surface area contributed by atoms with Gasteiger partial charge >= 0.3 is 0 Å². The molecular weight excluding hydrogens is 358 g/mol. The first-order chi connectivity index (χ1) is 13.2. The van der Waals surface area contributed by atoms with E-state index in [0.717, 1.165) is 62.0 Å². The van der Waals surface area contributed by atoms with Gasteiger partial charge in [-0.25, -0.2) is 4.98 Å². The Hall–Kier alpha value is -2.28. The first-order valence-corrected chi connectivity index (χ1v) is 10.3. The second-order valence-corrected chi connectivity index (χ2v) is 7.68. The number of anilines is 1. The molecule has 2 heterocycles. The number of hydrogen-bond donors (Lipinski definition) is 2. The van der Waals surface area contributed by atoms with Crippen LogP contribution in [0.5, 0.6) is 5.75 Å². The largest absolute Gasteiger partial charge is 0.495 e. The van der Waals surface area contributed by atoms with Crippen molar-refractivity contribution in [2.45, 2.75) is 32.2 Å². The molecule has 3 rings (SSSR count). The minimum Gasteiger partial charge on any atom is -0.495 e. The number of ether oxygens (including phenoxy) is 1. The fourth-order valence-electron chi connectivity index (χ4n) is 3.34. The van der Waals surface area contributed by atoms with Crippen molar-refractivity contribution < 1.29 is 4.74 Å². The van der Waals surface area contributed by atoms with E-state index in [2.05, 4.69) is 43.0 Å². The lowest BCUT2D eigenvalue weighted by atomic mass is 10.2. The number of rotatable bonds is 7. The number of benzene rings is 1. The first kappa shape index (κ1) is 19.5. The van der Waals surface area contributed by atoms with Crippen LogP contribution in [0.1, 0.15) is 23.5 Å². The van der Waals surface area contributed by atoms with Crippen LogP contribution in [0.15, 0.2) is 34.6 Å². The van der Waals surface area contributed by atoms with Crippen molar-refractivity contribution in [3.63, 3.8) is 0 Å². The summed E-state index contributed by atoms with van der Waals surface area (Å²) < 4.78 is 5.50. The van der Waals surface area contributed by atoms with Crippen LogP contribution in [0.2, 0.25) is 0 Å². The van der Waals surface area contributed by atoms with Crippen LogP contribution in [0, 0.1) is 6.92 Å². The van der Waals surface area contributed by atoms with Crippen molar-refractivity contribution in [1.29, 1.82) is 0 Å². The first-order valence-electron chi connectivity index (χ1n) is 9.45. The van der Waals surface area contributed by atoms with E-state index in [0.29, 0.717) is 6.04 Å². The zero-order chi connectivity index (χ0) is 19.1. The number of thiazole rings is 1. The molecule has 6 nitrogen and oxygen atoms in total. The molecule has 146 valence electrons. The SMILES string of the molecule is CN=C(NCCCc1nc(C)cs1)NC1CCN(c2ccccc2OC)C1. The van der Waals surface area contributed by atoms with Crippen LogP contribution in [-0.4, -0.2) is 50.8 Å². The summed E-state index contributed by atoms with van der Waals surface area (Å²) in [6.45, 7) is 4.89. The van der Waals surface area contributed by atoms with Gasteiger partial charge in [-0.15, -0.1) is 11.3 Å².